The Bertz CT molecular complexity index is 797. The van der Waals surface area contributed by atoms with Gasteiger partial charge in [0, 0.05) is 12.0 Å². The molecule has 0 aromatic carbocycles. The molecule has 31 heavy (non-hydrogen) atoms. The minimum Gasteiger partial charge on any atom is -0.478 e. The highest BCUT2D eigenvalue weighted by Gasteiger charge is 2.61. The van der Waals surface area contributed by atoms with E-state index in [0.29, 0.717) is 54.4 Å². The summed E-state index contributed by atoms with van der Waals surface area (Å²) < 4.78 is 0. The number of rotatable bonds is 6. The van der Waals surface area contributed by atoms with Crippen LogP contribution in [0.3, 0.4) is 0 Å². The fourth-order valence-electron chi connectivity index (χ4n) is 8.45. The number of ketones is 1. The first-order valence-corrected chi connectivity index (χ1v) is 12.4. The van der Waals surface area contributed by atoms with Crippen molar-refractivity contribution in [1.29, 1.82) is 0 Å². The first kappa shape index (κ1) is 22.8. The van der Waals surface area contributed by atoms with E-state index in [4.69, 9.17) is 5.11 Å². The van der Waals surface area contributed by atoms with Crippen LogP contribution >= 0.6 is 0 Å². The number of fused-ring (bicyclic) bond motifs is 5. The van der Waals surface area contributed by atoms with Gasteiger partial charge in [-0.05, 0) is 97.9 Å². The van der Waals surface area contributed by atoms with E-state index in [1.807, 2.05) is 6.08 Å². The maximum atomic E-state index is 12.0. The summed E-state index contributed by atoms with van der Waals surface area (Å²) in [5, 5.41) is 20.3. The van der Waals surface area contributed by atoms with Crippen LogP contribution in [0, 0.1) is 40.4 Å². The van der Waals surface area contributed by atoms with Crippen molar-refractivity contribution >= 4 is 11.8 Å². The smallest absolute Gasteiger partial charge is 0.330 e. The molecule has 0 aliphatic heterocycles. The maximum absolute atomic E-state index is 12.0. The molecule has 0 spiro atoms. The number of aliphatic carboxylic acids is 1. The van der Waals surface area contributed by atoms with Gasteiger partial charge >= 0.3 is 5.97 Å². The van der Waals surface area contributed by atoms with Gasteiger partial charge in [-0.3, -0.25) is 4.79 Å². The van der Waals surface area contributed by atoms with Crippen LogP contribution in [0.2, 0.25) is 0 Å². The van der Waals surface area contributed by atoms with Gasteiger partial charge < -0.3 is 10.2 Å². The van der Waals surface area contributed by atoms with Gasteiger partial charge in [-0.2, -0.15) is 0 Å². The number of hydrogen-bond donors (Lipinski definition) is 2. The molecule has 0 saturated heterocycles. The van der Waals surface area contributed by atoms with Crippen LogP contribution in [0.15, 0.2) is 23.8 Å². The predicted octanol–water partition coefficient (Wildman–Crippen LogP) is 5.55. The Morgan fingerprint density at radius 1 is 1.23 bits per heavy atom. The summed E-state index contributed by atoms with van der Waals surface area (Å²) in [6.07, 6.45) is 11.1. The van der Waals surface area contributed by atoms with Gasteiger partial charge in [-0.25, -0.2) is 4.79 Å². The predicted molar refractivity (Wildman–Crippen MR) is 121 cm³/mol. The molecule has 2 N–H and O–H groups in total. The van der Waals surface area contributed by atoms with E-state index >= 15 is 0 Å². The largest absolute Gasteiger partial charge is 0.478 e. The summed E-state index contributed by atoms with van der Waals surface area (Å²) in [5.74, 6) is 1.95. The van der Waals surface area contributed by atoms with Crippen LogP contribution in [0.5, 0.6) is 0 Å². The minimum absolute atomic E-state index is 0.0834. The van der Waals surface area contributed by atoms with Crippen LogP contribution in [0.25, 0.3) is 0 Å². The van der Waals surface area contributed by atoms with Gasteiger partial charge in [0.05, 0.1) is 6.10 Å². The van der Waals surface area contributed by atoms with Crippen molar-refractivity contribution in [3.8, 4) is 0 Å². The lowest BCUT2D eigenvalue weighted by Crippen LogP contribution is -2.55. The quantitative estimate of drug-likeness (QED) is 0.544. The minimum atomic E-state index is -0.878. The van der Waals surface area contributed by atoms with Gasteiger partial charge in [0.1, 0.15) is 0 Å². The zero-order chi connectivity index (χ0) is 22.6. The molecule has 3 saturated carbocycles. The number of hydrogen-bond acceptors (Lipinski definition) is 3. The summed E-state index contributed by atoms with van der Waals surface area (Å²) >= 11 is 0. The molecule has 0 heterocycles. The summed E-state index contributed by atoms with van der Waals surface area (Å²) in [7, 11) is 0. The molecular weight excluding hydrogens is 388 g/mol. The molecule has 0 aromatic rings. The zero-order valence-electron chi connectivity index (χ0n) is 19.5. The Hall–Kier alpha value is -1.42. The Kier molecular flexibility index (Phi) is 6.00. The number of carbonyl (C=O) groups excluding carboxylic acids is 1. The van der Waals surface area contributed by atoms with Crippen LogP contribution in [-0.2, 0) is 9.59 Å². The number of aliphatic hydroxyl groups excluding tert-OH is 1. The highest BCUT2D eigenvalue weighted by Crippen LogP contribution is 2.67. The molecule has 8 atom stereocenters. The second kappa shape index (κ2) is 8.17. The molecule has 0 unspecified atom stereocenters. The first-order valence-electron chi connectivity index (χ1n) is 12.4. The highest BCUT2D eigenvalue weighted by molar-refractivity contribution is 5.91. The summed E-state index contributed by atoms with van der Waals surface area (Å²) in [5.41, 5.74) is 1.87. The number of carboxylic acid groups (broad SMARTS) is 1. The van der Waals surface area contributed by atoms with Gasteiger partial charge in [-0.15, -0.1) is 0 Å². The third-order valence-corrected chi connectivity index (χ3v) is 10.2. The average Bonchev–Trinajstić information content (AvgIpc) is 3.06. The summed E-state index contributed by atoms with van der Waals surface area (Å²) in [6.45, 7) is 10.9. The van der Waals surface area contributed by atoms with Crippen molar-refractivity contribution in [2.45, 2.75) is 91.1 Å². The lowest BCUT2D eigenvalue weighted by molar-refractivity contribution is -0.132. The van der Waals surface area contributed by atoms with E-state index in [2.05, 4.69) is 27.4 Å². The van der Waals surface area contributed by atoms with Gasteiger partial charge in [-0.1, -0.05) is 39.3 Å². The summed E-state index contributed by atoms with van der Waals surface area (Å²) in [4.78, 5) is 23.1. The van der Waals surface area contributed by atoms with Crippen LogP contribution in [0.4, 0.5) is 0 Å². The number of aliphatic hydroxyl groups is 1. The van der Waals surface area contributed by atoms with E-state index in [0.717, 1.165) is 25.7 Å². The van der Waals surface area contributed by atoms with Crippen molar-refractivity contribution in [2.75, 3.05) is 0 Å². The second-order valence-corrected chi connectivity index (χ2v) is 11.6. The first-order chi connectivity index (χ1) is 14.6. The van der Waals surface area contributed by atoms with Crippen molar-refractivity contribution in [2.24, 2.45) is 40.4 Å². The number of carboxylic acids is 1. The van der Waals surface area contributed by atoms with Crippen molar-refractivity contribution in [3.05, 3.63) is 23.8 Å². The Morgan fingerprint density at radius 2 is 1.97 bits per heavy atom. The monoisotopic (exact) mass is 428 g/mol. The normalized spacial score (nSPS) is 42.8. The van der Waals surface area contributed by atoms with Crippen LogP contribution < -0.4 is 0 Å². The Labute approximate surface area is 187 Å². The topological polar surface area (TPSA) is 74.6 Å². The average molecular weight is 429 g/mol. The maximum Gasteiger partial charge on any atom is 0.330 e. The fourth-order valence-corrected chi connectivity index (χ4v) is 8.45. The molecule has 3 fully saturated rings. The third-order valence-electron chi connectivity index (χ3n) is 10.2. The molecule has 4 nitrogen and oxygen atoms in total. The molecule has 0 aromatic heterocycles. The van der Waals surface area contributed by atoms with Gasteiger partial charge in [0.15, 0.2) is 5.78 Å². The van der Waals surface area contributed by atoms with Crippen LogP contribution in [-0.4, -0.2) is 28.1 Å². The van der Waals surface area contributed by atoms with Crippen molar-refractivity contribution < 1.29 is 19.8 Å². The third kappa shape index (κ3) is 3.73. The van der Waals surface area contributed by atoms with E-state index in [1.165, 1.54) is 24.8 Å². The van der Waals surface area contributed by atoms with Crippen LogP contribution in [0.1, 0.15) is 85.0 Å². The van der Waals surface area contributed by atoms with E-state index < -0.39 is 5.97 Å². The Morgan fingerprint density at radius 3 is 2.68 bits per heavy atom. The van der Waals surface area contributed by atoms with E-state index in [9.17, 15) is 14.7 Å². The SMILES string of the molecule is C=C(CCC[C@@H](C)[C@H]1CC[C@H]2[C@@H]3[C@H](O)CC4=CC(=O)CC[C@]4(C)[C@H]3CC[C@]12C)C(=O)O. The molecule has 4 heteroatoms. The molecule has 4 rings (SSSR count). The standard InChI is InChI=1S/C27H40O4/c1-16(6-5-7-17(2)25(30)31)20-8-9-21-24-22(11-13-27(20,21)4)26(3)12-10-19(28)14-18(26)15-23(24)29/h14,16,20-24,29H,2,5-13,15H2,1,3-4H3,(H,30,31)/t16-,20-,21+,22+,23-,24+,26+,27-/m1/s1. The zero-order valence-corrected chi connectivity index (χ0v) is 19.5. The second-order valence-electron chi connectivity index (χ2n) is 11.6. The molecular formula is C27H40O4. The Balaban J connectivity index is 1.49. The van der Waals surface area contributed by atoms with Gasteiger partial charge in [0.25, 0.3) is 0 Å². The van der Waals surface area contributed by atoms with E-state index in [1.54, 1.807) is 0 Å². The molecule has 0 radical (unpaired) electrons. The van der Waals surface area contributed by atoms with Gasteiger partial charge in [0.2, 0.25) is 0 Å². The molecule has 4 aliphatic carbocycles. The van der Waals surface area contributed by atoms with Crippen molar-refractivity contribution in [1.82, 2.24) is 0 Å². The molecule has 172 valence electrons. The molecule has 0 amide bonds. The van der Waals surface area contributed by atoms with Crippen molar-refractivity contribution in [3.63, 3.8) is 0 Å². The fraction of sp³-hybridized carbons (Fsp3) is 0.778. The lowest BCUT2D eigenvalue weighted by atomic mass is 9.45. The summed E-state index contributed by atoms with van der Waals surface area (Å²) in [6, 6.07) is 0. The highest BCUT2D eigenvalue weighted by atomic mass is 16.4. The molecule has 4 aliphatic rings. The van der Waals surface area contributed by atoms with E-state index in [-0.39, 0.29) is 22.7 Å². The molecule has 0 bridgehead atoms. The lowest BCUT2D eigenvalue weighted by Gasteiger charge is -2.59. The number of carbonyl (C=O) groups is 2.